The highest BCUT2D eigenvalue weighted by Crippen LogP contribution is 2.30. The van der Waals surface area contributed by atoms with Gasteiger partial charge in [-0.3, -0.25) is 4.79 Å². The minimum absolute atomic E-state index is 0.0617. The number of rotatable bonds is 6. The highest BCUT2D eigenvalue weighted by Gasteiger charge is 2.27. The molecule has 7 heteroatoms. The standard InChI is InChI=1S/C23H20Cl2N2O3/c24-19-5-2-1-4-18(19)22(29)15-7-8-21(16(12-15)14-28)27-11-9-17(13-27)30-23-20(25)6-3-10-26-23/h1-8,10,12,17,28H,9,11,13-14H2/t17-/m0/s1. The molecule has 1 aliphatic heterocycles. The van der Waals surface area contributed by atoms with Crippen LogP contribution in [0, 0.1) is 0 Å². The molecule has 4 rings (SSSR count). The lowest BCUT2D eigenvalue weighted by molar-refractivity contribution is 0.103. The molecule has 0 spiro atoms. The van der Waals surface area contributed by atoms with Gasteiger partial charge in [0.2, 0.25) is 5.88 Å². The van der Waals surface area contributed by atoms with Crippen LogP contribution in [0.5, 0.6) is 5.88 Å². The second-order valence-electron chi connectivity index (χ2n) is 7.08. The number of halogens is 2. The molecule has 0 unspecified atom stereocenters. The number of anilines is 1. The Balaban J connectivity index is 1.52. The van der Waals surface area contributed by atoms with Crippen molar-refractivity contribution in [3.8, 4) is 5.88 Å². The summed E-state index contributed by atoms with van der Waals surface area (Å²) in [6.07, 6.45) is 2.39. The van der Waals surface area contributed by atoms with E-state index >= 15 is 0 Å². The minimum Gasteiger partial charge on any atom is -0.471 e. The van der Waals surface area contributed by atoms with Gasteiger partial charge in [-0.25, -0.2) is 4.98 Å². The lowest BCUT2D eigenvalue weighted by atomic mass is 10.00. The van der Waals surface area contributed by atoms with Crippen LogP contribution in [0.4, 0.5) is 5.69 Å². The number of carbonyl (C=O) groups excluding carboxylic acids is 1. The number of ether oxygens (including phenoxy) is 1. The molecule has 1 aliphatic rings. The fraction of sp³-hybridized carbons (Fsp3) is 0.217. The van der Waals surface area contributed by atoms with E-state index in [1.54, 1.807) is 54.7 Å². The number of hydrogen-bond donors (Lipinski definition) is 1. The highest BCUT2D eigenvalue weighted by atomic mass is 35.5. The van der Waals surface area contributed by atoms with Crippen LogP contribution in [-0.2, 0) is 6.61 Å². The number of ketones is 1. The Morgan fingerprint density at radius 3 is 2.70 bits per heavy atom. The van der Waals surface area contributed by atoms with Gasteiger partial charge in [0.1, 0.15) is 11.1 Å². The van der Waals surface area contributed by atoms with Crippen LogP contribution in [0.25, 0.3) is 0 Å². The third-order valence-electron chi connectivity index (χ3n) is 5.12. The van der Waals surface area contributed by atoms with Crippen molar-refractivity contribution in [3.05, 3.63) is 87.5 Å². The maximum absolute atomic E-state index is 12.8. The molecule has 154 valence electrons. The average molecular weight is 443 g/mol. The second kappa shape index (κ2) is 9.04. The Morgan fingerprint density at radius 1 is 1.13 bits per heavy atom. The maximum Gasteiger partial charge on any atom is 0.232 e. The monoisotopic (exact) mass is 442 g/mol. The number of pyridine rings is 1. The lowest BCUT2D eigenvalue weighted by Gasteiger charge is -2.22. The highest BCUT2D eigenvalue weighted by molar-refractivity contribution is 6.35. The molecule has 3 aromatic rings. The van der Waals surface area contributed by atoms with Gasteiger partial charge < -0.3 is 14.7 Å². The van der Waals surface area contributed by atoms with Crippen molar-refractivity contribution in [2.24, 2.45) is 0 Å². The molecule has 0 aliphatic carbocycles. The third kappa shape index (κ3) is 4.29. The second-order valence-corrected chi connectivity index (χ2v) is 7.89. The summed E-state index contributed by atoms with van der Waals surface area (Å²) in [5.74, 6) is 0.253. The number of benzene rings is 2. The first kappa shape index (κ1) is 20.7. The number of hydrogen-bond acceptors (Lipinski definition) is 5. The van der Waals surface area contributed by atoms with E-state index in [-0.39, 0.29) is 18.5 Å². The minimum atomic E-state index is -0.174. The van der Waals surface area contributed by atoms with E-state index in [9.17, 15) is 9.90 Å². The van der Waals surface area contributed by atoms with Crippen molar-refractivity contribution >= 4 is 34.7 Å². The summed E-state index contributed by atoms with van der Waals surface area (Å²) in [6, 6.07) is 15.8. The first-order chi connectivity index (χ1) is 14.6. The molecule has 1 aromatic heterocycles. The van der Waals surface area contributed by atoms with Gasteiger partial charge in [-0.2, -0.15) is 0 Å². The maximum atomic E-state index is 12.8. The van der Waals surface area contributed by atoms with Gasteiger partial charge in [0.15, 0.2) is 5.78 Å². The predicted octanol–water partition coefficient (Wildman–Crippen LogP) is 4.77. The Bertz CT molecular complexity index is 1070. The first-order valence-electron chi connectivity index (χ1n) is 9.62. The lowest BCUT2D eigenvalue weighted by Crippen LogP contribution is -2.25. The van der Waals surface area contributed by atoms with Crippen molar-refractivity contribution < 1.29 is 14.6 Å². The number of aliphatic hydroxyl groups is 1. The SMILES string of the molecule is O=C(c1ccc(N2CC[C@H](Oc3ncccc3Cl)C2)c(CO)c1)c1ccccc1Cl. The van der Waals surface area contributed by atoms with E-state index in [0.717, 1.165) is 18.7 Å². The predicted molar refractivity (Wildman–Crippen MR) is 118 cm³/mol. The topological polar surface area (TPSA) is 62.7 Å². The molecule has 0 saturated carbocycles. The zero-order chi connectivity index (χ0) is 21.1. The van der Waals surface area contributed by atoms with Crippen LogP contribution in [0.3, 0.4) is 0 Å². The first-order valence-corrected chi connectivity index (χ1v) is 10.4. The molecule has 0 radical (unpaired) electrons. The average Bonchev–Trinajstić information content (AvgIpc) is 3.23. The van der Waals surface area contributed by atoms with Gasteiger partial charge in [0.05, 0.1) is 18.2 Å². The van der Waals surface area contributed by atoms with E-state index in [0.29, 0.717) is 39.2 Å². The van der Waals surface area contributed by atoms with Gasteiger partial charge in [-0.15, -0.1) is 0 Å². The summed E-state index contributed by atoms with van der Waals surface area (Å²) < 4.78 is 5.95. The fourth-order valence-corrected chi connectivity index (χ4v) is 4.01. The van der Waals surface area contributed by atoms with E-state index in [4.69, 9.17) is 27.9 Å². The Kier molecular flexibility index (Phi) is 6.23. The molecule has 0 bridgehead atoms. The van der Waals surface area contributed by atoms with Crippen LogP contribution in [0.2, 0.25) is 10.0 Å². The molecule has 2 heterocycles. The van der Waals surface area contributed by atoms with E-state index in [1.165, 1.54) is 0 Å². The van der Waals surface area contributed by atoms with Crippen LogP contribution in [0.1, 0.15) is 27.9 Å². The summed E-state index contributed by atoms with van der Waals surface area (Å²) in [5, 5.41) is 10.8. The van der Waals surface area contributed by atoms with Crippen molar-refractivity contribution in [1.29, 1.82) is 0 Å². The number of aromatic nitrogens is 1. The fourth-order valence-electron chi connectivity index (χ4n) is 3.62. The van der Waals surface area contributed by atoms with E-state index < -0.39 is 0 Å². The molecule has 5 nitrogen and oxygen atoms in total. The number of nitrogens with zero attached hydrogens (tertiary/aromatic N) is 2. The molecule has 1 atom stereocenters. The Morgan fingerprint density at radius 2 is 1.93 bits per heavy atom. The number of carbonyl (C=O) groups is 1. The molecular weight excluding hydrogens is 423 g/mol. The zero-order valence-electron chi connectivity index (χ0n) is 16.1. The van der Waals surface area contributed by atoms with Crippen molar-refractivity contribution in [2.45, 2.75) is 19.1 Å². The smallest absolute Gasteiger partial charge is 0.232 e. The van der Waals surface area contributed by atoms with Crippen molar-refractivity contribution in [2.75, 3.05) is 18.0 Å². The van der Waals surface area contributed by atoms with Crippen LogP contribution in [-0.4, -0.2) is 35.1 Å². The normalized spacial score (nSPS) is 16.0. The van der Waals surface area contributed by atoms with Crippen LogP contribution in [0.15, 0.2) is 60.8 Å². The molecule has 2 aromatic carbocycles. The summed E-state index contributed by atoms with van der Waals surface area (Å²) in [5.41, 5.74) is 2.50. The quantitative estimate of drug-likeness (QED) is 0.557. The summed E-state index contributed by atoms with van der Waals surface area (Å²) in [7, 11) is 0. The third-order valence-corrected chi connectivity index (χ3v) is 5.74. The van der Waals surface area contributed by atoms with E-state index in [2.05, 4.69) is 9.88 Å². The van der Waals surface area contributed by atoms with Crippen molar-refractivity contribution in [3.63, 3.8) is 0 Å². The van der Waals surface area contributed by atoms with Crippen LogP contribution < -0.4 is 9.64 Å². The largest absolute Gasteiger partial charge is 0.471 e. The molecule has 0 amide bonds. The zero-order valence-corrected chi connectivity index (χ0v) is 17.6. The summed E-state index contributed by atoms with van der Waals surface area (Å²) >= 11 is 12.3. The van der Waals surface area contributed by atoms with Crippen molar-refractivity contribution in [1.82, 2.24) is 4.98 Å². The van der Waals surface area contributed by atoms with Gasteiger partial charge in [0.25, 0.3) is 0 Å². The van der Waals surface area contributed by atoms with E-state index in [1.807, 2.05) is 6.07 Å². The van der Waals surface area contributed by atoms with Gasteiger partial charge in [-0.1, -0.05) is 35.3 Å². The Labute approximate surface area is 184 Å². The van der Waals surface area contributed by atoms with Crippen LogP contribution >= 0.6 is 23.2 Å². The summed E-state index contributed by atoms with van der Waals surface area (Å²) in [6.45, 7) is 1.23. The molecule has 30 heavy (non-hydrogen) atoms. The number of aliphatic hydroxyl groups excluding tert-OH is 1. The Hall–Kier alpha value is -2.60. The van der Waals surface area contributed by atoms with Gasteiger partial charge in [0, 0.05) is 41.5 Å². The van der Waals surface area contributed by atoms with Gasteiger partial charge >= 0.3 is 0 Å². The molecule has 1 fully saturated rings. The summed E-state index contributed by atoms with van der Waals surface area (Å²) in [4.78, 5) is 19.2. The molecule has 1 saturated heterocycles. The van der Waals surface area contributed by atoms with Gasteiger partial charge in [-0.05, 0) is 42.5 Å². The molecule has 1 N–H and O–H groups in total. The molecular formula is C23H20Cl2N2O3.